The number of nitrogens with zero attached hydrogens (tertiary/aromatic N) is 3. The van der Waals surface area contributed by atoms with Crippen LogP contribution in [0.25, 0.3) is 0 Å². The second-order valence-corrected chi connectivity index (χ2v) is 4.97. The Morgan fingerprint density at radius 2 is 2.19 bits per heavy atom. The van der Waals surface area contributed by atoms with Crippen LogP contribution in [-0.2, 0) is 16.1 Å². The lowest BCUT2D eigenvalue weighted by molar-refractivity contribution is -0.122. The van der Waals surface area contributed by atoms with E-state index >= 15 is 0 Å². The number of halogens is 2. The molecule has 8 heteroatoms. The standard InChI is InChI=1S/C13H20F2N4O2/c1-10-8-11(13(14)15)17-19(10)9-12(20)16-2-3-18-4-6-21-7-5-18/h8,13H,2-7,9H2,1H3,(H,16,20). The predicted molar refractivity (Wildman–Crippen MR) is 72.2 cm³/mol. The summed E-state index contributed by atoms with van der Waals surface area (Å²) in [6.07, 6.45) is -2.62. The normalized spacial score (nSPS) is 16.4. The summed E-state index contributed by atoms with van der Waals surface area (Å²) in [5.41, 5.74) is 0.252. The summed E-state index contributed by atoms with van der Waals surface area (Å²) in [5, 5.41) is 6.50. The van der Waals surface area contributed by atoms with Crippen LogP contribution in [-0.4, -0.2) is 60.0 Å². The van der Waals surface area contributed by atoms with Gasteiger partial charge in [-0.2, -0.15) is 5.10 Å². The number of morpholine rings is 1. The first-order chi connectivity index (χ1) is 10.1. The van der Waals surface area contributed by atoms with Crippen LogP contribution in [0, 0.1) is 6.92 Å². The Morgan fingerprint density at radius 1 is 1.48 bits per heavy atom. The molecule has 1 aliphatic rings. The van der Waals surface area contributed by atoms with Gasteiger partial charge in [0, 0.05) is 31.9 Å². The SMILES string of the molecule is Cc1cc(C(F)F)nn1CC(=O)NCCN1CCOCC1. The molecule has 1 aromatic rings. The van der Waals surface area contributed by atoms with E-state index in [1.807, 2.05) is 0 Å². The lowest BCUT2D eigenvalue weighted by Gasteiger charge is -2.26. The van der Waals surface area contributed by atoms with Crippen molar-refractivity contribution in [2.45, 2.75) is 19.9 Å². The van der Waals surface area contributed by atoms with Crippen LogP contribution in [0.3, 0.4) is 0 Å². The summed E-state index contributed by atoms with van der Waals surface area (Å²) in [6, 6.07) is 1.30. The largest absolute Gasteiger partial charge is 0.379 e. The van der Waals surface area contributed by atoms with Crippen LogP contribution in [0.1, 0.15) is 17.8 Å². The third kappa shape index (κ3) is 4.75. The Kier molecular flexibility index (Phi) is 5.63. The van der Waals surface area contributed by atoms with Crippen molar-refractivity contribution >= 4 is 5.91 Å². The van der Waals surface area contributed by atoms with Crippen molar-refractivity contribution in [2.75, 3.05) is 39.4 Å². The Labute approximate surface area is 122 Å². The summed E-state index contributed by atoms with van der Waals surface area (Å²) in [5.74, 6) is -0.227. The van der Waals surface area contributed by atoms with Gasteiger partial charge >= 0.3 is 0 Å². The van der Waals surface area contributed by atoms with Gasteiger partial charge in [-0.1, -0.05) is 0 Å². The van der Waals surface area contributed by atoms with Crippen molar-refractivity contribution in [3.63, 3.8) is 0 Å². The van der Waals surface area contributed by atoms with E-state index in [4.69, 9.17) is 4.74 Å². The van der Waals surface area contributed by atoms with Gasteiger partial charge in [0.15, 0.2) is 0 Å². The van der Waals surface area contributed by atoms with E-state index in [1.165, 1.54) is 10.7 Å². The fourth-order valence-corrected chi connectivity index (χ4v) is 2.17. The number of amides is 1. The molecule has 0 radical (unpaired) electrons. The zero-order chi connectivity index (χ0) is 15.2. The third-order valence-electron chi connectivity index (χ3n) is 3.37. The zero-order valence-corrected chi connectivity index (χ0v) is 12.0. The van der Waals surface area contributed by atoms with Crippen molar-refractivity contribution in [1.29, 1.82) is 0 Å². The summed E-state index contributed by atoms with van der Waals surface area (Å²) in [7, 11) is 0. The number of aromatic nitrogens is 2. The molecule has 1 amide bonds. The highest BCUT2D eigenvalue weighted by Gasteiger charge is 2.15. The predicted octanol–water partition coefficient (Wildman–Crippen LogP) is 0.578. The maximum atomic E-state index is 12.5. The number of alkyl halides is 2. The van der Waals surface area contributed by atoms with E-state index in [9.17, 15) is 13.6 Å². The number of ether oxygens (including phenoxy) is 1. The van der Waals surface area contributed by atoms with Crippen LogP contribution in [0.15, 0.2) is 6.07 Å². The quantitative estimate of drug-likeness (QED) is 0.835. The summed E-state index contributed by atoms with van der Waals surface area (Å²) < 4.78 is 31.6. The van der Waals surface area contributed by atoms with Crippen molar-refractivity contribution in [1.82, 2.24) is 20.0 Å². The van der Waals surface area contributed by atoms with Crippen LogP contribution in [0.5, 0.6) is 0 Å². The molecular formula is C13H20F2N4O2. The average Bonchev–Trinajstić information content (AvgIpc) is 2.81. The lowest BCUT2D eigenvalue weighted by Crippen LogP contribution is -2.41. The molecule has 0 aliphatic carbocycles. The van der Waals surface area contributed by atoms with Gasteiger partial charge in [-0.3, -0.25) is 14.4 Å². The molecule has 1 saturated heterocycles. The minimum Gasteiger partial charge on any atom is -0.379 e. The van der Waals surface area contributed by atoms with E-state index in [1.54, 1.807) is 6.92 Å². The highest BCUT2D eigenvalue weighted by molar-refractivity contribution is 5.75. The van der Waals surface area contributed by atoms with Gasteiger partial charge in [0.25, 0.3) is 6.43 Å². The first-order valence-electron chi connectivity index (χ1n) is 6.95. The number of nitrogens with one attached hydrogen (secondary N) is 1. The fraction of sp³-hybridized carbons (Fsp3) is 0.692. The van der Waals surface area contributed by atoms with Crippen LogP contribution in [0.2, 0.25) is 0 Å². The molecule has 0 atom stereocenters. The molecule has 1 aliphatic heterocycles. The summed E-state index contributed by atoms with van der Waals surface area (Å²) in [4.78, 5) is 14.0. The molecule has 1 aromatic heterocycles. The van der Waals surface area contributed by atoms with E-state index in [0.717, 1.165) is 32.8 Å². The molecule has 0 saturated carbocycles. The molecule has 2 rings (SSSR count). The maximum Gasteiger partial charge on any atom is 0.282 e. The topological polar surface area (TPSA) is 59.4 Å². The molecule has 6 nitrogen and oxygen atoms in total. The Bertz CT molecular complexity index is 473. The molecule has 118 valence electrons. The second kappa shape index (κ2) is 7.46. The van der Waals surface area contributed by atoms with Crippen molar-refractivity contribution in [2.24, 2.45) is 0 Å². The van der Waals surface area contributed by atoms with Gasteiger partial charge in [0.1, 0.15) is 12.2 Å². The molecule has 0 aromatic carbocycles. The number of carbonyl (C=O) groups excluding carboxylic acids is 1. The third-order valence-corrected chi connectivity index (χ3v) is 3.37. The van der Waals surface area contributed by atoms with Crippen LogP contribution in [0.4, 0.5) is 8.78 Å². The van der Waals surface area contributed by atoms with Gasteiger partial charge in [-0.05, 0) is 13.0 Å². The molecule has 1 N–H and O–H groups in total. The molecule has 1 fully saturated rings. The van der Waals surface area contributed by atoms with E-state index < -0.39 is 6.43 Å². The average molecular weight is 302 g/mol. The monoisotopic (exact) mass is 302 g/mol. The zero-order valence-electron chi connectivity index (χ0n) is 12.0. The Hall–Kier alpha value is -1.54. The smallest absolute Gasteiger partial charge is 0.282 e. The summed E-state index contributed by atoms with van der Waals surface area (Å²) in [6.45, 7) is 6.07. The molecule has 0 bridgehead atoms. The number of hydrogen-bond donors (Lipinski definition) is 1. The fourth-order valence-electron chi connectivity index (χ4n) is 2.17. The molecule has 0 spiro atoms. The first kappa shape index (κ1) is 15.8. The highest BCUT2D eigenvalue weighted by Crippen LogP contribution is 2.17. The van der Waals surface area contributed by atoms with Gasteiger partial charge in [-0.15, -0.1) is 0 Å². The number of hydrogen-bond acceptors (Lipinski definition) is 4. The summed E-state index contributed by atoms with van der Waals surface area (Å²) >= 11 is 0. The van der Waals surface area contributed by atoms with Gasteiger partial charge in [0.2, 0.25) is 5.91 Å². The van der Waals surface area contributed by atoms with Gasteiger partial charge in [0.05, 0.1) is 13.2 Å². The van der Waals surface area contributed by atoms with E-state index in [-0.39, 0.29) is 18.1 Å². The molecule has 21 heavy (non-hydrogen) atoms. The Morgan fingerprint density at radius 3 is 2.81 bits per heavy atom. The van der Waals surface area contributed by atoms with Crippen molar-refractivity contribution in [3.05, 3.63) is 17.5 Å². The molecule has 0 unspecified atom stereocenters. The van der Waals surface area contributed by atoms with E-state index in [2.05, 4.69) is 15.3 Å². The van der Waals surface area contributed by atoms with Crippen molar-refractivity contribution < 1.29 is 18.3 Å². The van der Waals surface area contributed by atoms with Crippen molar-refractivity contribution in [3.8, 4) is 0 Å². The Balaban J connectivity index is 1.73. The lowest BCUT2D eigenvalue weighted by atomic mass is 10.4. The number of carbonyl (C=O) groups is 1. The minimum absolute atomic E-state index is 0.0400. The van der Waals surface area contributed by atoms with E-state index in [0.29, 0.717) is 12.2 Å². The molecular weight excluding hydrogens is 282 g/mol. The second-order valence-electron chi connectivity index (χ2n) is 4.97. The first-order valence-corrected chi connectivity index (χ1v) is 6.95. The van der Waals surface area contributed by atoms with Crippen LogP contribution < -0.4 is 5.32 Å². The molecule has 2 heterocycles. The highest BCUT2D eigenvalue weighted by atomic mass is 19.3. The van der Waals surface area contributed by atoms with Gasteiger partial charge in [-0.25, -0.2) is 8.78 Å². The number of rotatable bonds is 6. The van der Waals surface area contributed by atoms with Gasteiger partial charge < -0.3 is 10.1 Å². The minimum atomic E-state index is -2.62. The van der Waals surface area contributed by atoms with Crippen LogP contribution >= 0.6 is 0 Å². The maximum absolute atomic E-state index is 12.5. The number of aryl methyl sites for hydroxylation is 1.